The topological polar surface area (TPSA) is 75.3 Å². The van der Waals surface area contributed by atoms with Gasteiger partial charge in [0.2, 0.25) is 11.8 Å². The summed E-state index contributed by atoms with van der Waals surface area (Å²) in [6.45, 7) is 3.15. The van der Waals surface area contributed by atoms with Crippen molar-refractivity contribution in [2.45, 2.75) is 26.7 Å². The van der Waals surface area contributed by atoms with Crippen LogP contribution in [0.3, 0.4) is 0 Å². The molecule has 2 rings (SSSR count). The second-order valence-electron chi connectivity index (χ2n) is 6.29. The van der Waals surface area contributed by atoms with E-state index in [1.54, 1.807) is 13.0 Å². The molecule has 28 heavy (non-hydrogen) atoms. The molecule has 0 aliphatic heterocycles. The first kappa shape index (κ1) is 21.1. The summed E-state index contributed by atoms with van der Waals surface area (Å²) in [6.07, 6.45) is -0.158. The first-order valence-corrected chi connectivity index (χ1v) is 8.49. The lowest BCUT2D eigenvalue weighted by Gasteiger charge is -2.09. The van der Waals surface area contributed by atoms with Gasteiger partial charge in [-0.3, -0.25) is 14.4 Å². The second-order valence-corrected chi connectivity index (χ2v) is 6.29. The van der Waals surface area contributed by atoms with Gasteiger partial charge in [0, 0.05) is 18.4 Å². The monoisotopic (exact) mass is 392 g/mol. The van der Waals surface area contributed by atoms with Crippen molar-refractivity contribution in [3.63, 3.8) is 0 Å². The van der Waals surface area contributed by atoms with Gasteiger partial charge < -0.3 is 10.6 Å². The number of anilines is 1. The largest absolute Gasteiger partial charge is 0.347 e. The predicted molar refractivity (Wildman–Crippen MR) is 97.4 cm³/mol. The molecule has 0 radical (unpaired) electrons. The highest BCUT2D eigenvalue weighted by molar-refractivity contribution is 6.00. The van der Waals surface area contributed by atoms with Crippen LogP contribution in [0.2, 0.25) is 0 Å². The minimum atomic E-state index is -1.70. The third kappa shape index (κ3) is 5.42. The number of nitrogens with one attached hydrogen (secondary N) is 2. The lowest BCUT2D eigenvalue weighted by molar-refractivity contribution is -0.124. The molecule has 0 spiro atoms. The molecule has 2 amide bonds. The van der Waals surface area contributed by atoms with Gasteiger partial charge in [0.05, 0.1) is 12.2 Å². The van der Waals surface area contributed by atoms with E-state index in [9.17, 15) is 27.6 Å². The second kappa shape index (κ2) is 9.16. The maximum absolute atomic E-state index is 13.5. The summed E-state index contributed by atoms with van der Waals surface area (Å²) >= 11 is 0. The van der Waals surface area contributed by atoms with Crippen LogP contribution >= 0.6 is 0 Å². The van der Waals surface area contributed by atoms with E-state index in [2.05, 4.69) is 5.32 Å². The van der Waals surface area contributed by atoms with Crippen LogP contribution in [0.25, 0.3) is 0 Å². The predicted octanol–water partition coefficient (Wildman–Crippen LogP) is 3.44. The number of Topliss-reactive ketones (excluding diaryl/α,β-unsaturated/α-hetero) is 1. The molecular weight excluding hydrogens is 373 g/mol. The summed E-state index contributed by atoms with van der Waals surface area (Å²) in [5.41, 5.74) is 1.74. The summed E-state index contributed by atoms with van der Waals surface area (Å²) in [5.74, 6) is -6.16. The quantitative estimate of drug-likeness (QED) is 0.560. The molecular formula is C20H19F3N2O3. The van der Waals surface area contributed by atoms with Gasteiger partial charge in [-0.25, -0.2) is 13.2 Å². The van der Waals surface area contributed by atoms with Crippen molar-refractivity contribution in [3.8, 4) is 0 Å². The molecule has 0 aliphatic carbocycles. The Balaban J connectivity index is 1.82. The van der Waals surface area contributed by atoms with E-state index in [0.29, 0.717) is 11.6 Å². The normalized spacial score (nSPS) is 10.5. The molecule has 0 aromatic heterocycles. The highest BCUT2D eigenvalue weighted by Crippen LogP contribution is 2.19. The summed E-state index contributed by atoms with van der Waals surface area (Å²) in [4.78, 5) is 35.8. The van der Waals surface area contributed by atoms with Gasteiger partial charge in [-0.2, -0.15) is 0 Å². The lowest BCUT2D eigenvalue weighted by atomic mass is 9.99. The fourth-order valence-electron chi connectivity index (χ4n) is 2.48. The third-order valence-corrected chi connectivity index (χ3v) is 4.03. The SMILES string of the molecule is Cc1ccc(C)c(C(=O)CCC(=O)NCC(=O)Nc2ccc(F)c(F)c2F)c1. The van der Waals surface area contributed by atoms with Gasteiger partial charge in [-0.1, -0.05) is 17.7 Å². The molecule has 0 aliphatic rings. The Bertz CT molecular complexity index is 929. The molecule has 0 saturated heterocycles. The summed E-state index contributed by atoms with van der Waals surface area (Å²) in [7, 11) is 0. The van der Waals surface area contributed by atoms with Crippen molar-refractivity contribution in [2.75, 3.05) is 11.9 Å². The molecule has 8 heteroatoms. The number of carbonyl (C=O) groups is 3. The zero-order valence-corrected chi connectivity index (χ0v) is 15.4. The van der Waals surface area contributed by atoms with Crippen molar-refractivity contribution in [2.24, 2.45) is 0 Å². The number of amides is 2. The number of hydrogen-bond acceptors (Lipinski definition) is 3. The maximum Gasteiger partial charge on any atom is 0.243 e. The van der Waals surface area contributed by atoms with Crippen molar-refractivity contribution in [1.29, 1.82) is 0 Å². The van der Waals surface area contributed by atoms with E-state index in [-0.39, 0.29) is 18.6 Å². The first-order valence-electron chi connectivity index (χ1n) is 8.49. The standard InChI is InChI=1S/C20H19F3N2O3/c1-11-3-4-12(2)13(9-11)16(26)7-8-17(27)24-10-18(28)25-15-6-5-14(21)19(22)20(15)23/h3-6,9H,7-8,10H2,1-2H3,(H,24,27)(H,25,28). The van der Waals surface area contributed by atoms with Gasteiger partial charge >= 0.3 is 0 Å². The van der Waals surface area contributed by atoms with Gasteiger partial charge in [-0.15, -0.1) is 0 Å². The average Bonchev–Trinajstić information content (AvgIpc) is 2.66. The van der Waals surface area contributed by atoms with E-state index in [1.165, 1.54) is 0 Å². The van der Waals surface area contributed by atoms with E-state index >= 15 is 0 Å². The van der Waals surface area contributed by atoms with E-state index in [4.69, 9.17) is 0 Å². The zero-order valence-electron chi connectivity index (χ0n) is 15.4. The number of carbonyl (C=O) groups excluding carboxylic acids is 3. The molecule has 0 atom stereocenters. The third-order valence-electron chi connectivity index (χ3n) is 4.03. The Morgan fingerprint density at radius 2 is 1.61 bits per heavy atom. The molecule has 2 aromatic carbocycles. The average molecular weight is 392 g/mol. The van der Waals surface area contributed by atoms with Crippen molar-refractivity contribution in [3.05, 3.63) is 64.5 Å². The van der Waals surface area contributed by atoms with E-state index in [0.717, 1.165) is 17.2 Å². The summed E-state index contributed by atoms with van der Waals surface area (Å²) < 4.78 is 39.5. The van der Waals surface area contributed by atoms with Crippen LogP contribution in [0.1, 0.15) is 34.3 Å². The first-order chi connectivity index (χ1) is 13.2. The Labute approximate surface area is 159 Å². The molecule has 0 saturated carbocycles. The number of rotatable bonds is 7. The fraction of sp³-hybridized carbons (Fsp3) is 0.250. The number of halogens is 3. The number of benzene rings is 2. The van der Waals surface area contributed by atoms with Gasteiger partial charge in [0.1, 0.15) is 0 Å². The summed E-state index contributed by atoms with van der Waals surface area (Å²) in [6, 6.07) is 7.00. The number of hydrogen-bond donors (Lipinski definition) is 2. The Morgan fingerprint density at radius 3 is 2.32 bits per heavy atom. The molecule has 5 nitrogen and oxygen atoms in total. The maximum atomic E-state index is 13.5. The van der Waals surface area contributed by atoms with Gasteiger partial charge in [0.15, 0.2) is 23.2 Å². The molecule has 2 N–H and O–H groups in total. The van der Waals surface area contributed by atoms with Gasteiger partial charge in [0.25, 0.3) is 0 Å². The molecule has 2 aromatic rings. The van der Waals surface area contributed by atoms with Crippen LogP contribution in [0.4, 0.5) is 18.9 Å². The number of aryl methyl sites for hydroxylation is 2. The smallest absolute Gasteiger partial charge is 0.243 e. The Morgan fingerprint density at radius 1 is 0.893 bits per heavy atom. The van der Waals surface area contributed by atoms with Crippen molar-refractivity contribution in [1.82, 2.24) is 5.32 Å². The van der Waals surface area contributed by atoms with Crippen LogP contribution in [0.15, 0.2) is 30.3 Å². The molecule has 148 valence electrons. The molecule has 0 fully saturated rings. The molecule has 0 bridgehead atoms. The van der Waals surface area contributed by atoms with E-state index in [1.807, 2.05) is 24.4 Å². The van der Waals surface area contributed by atoms with Crippen LogP contribution in [0.5, 0.6) is 0 Å². The highest BCUT2D eigenvalue weighted by atomic mass is 19.2. The minimum absolute atomic E-state index is 0.0322. The zero-order chi connectivity index (χ0) is 20.8. The Hall–Kier alpha value is -3.16. The molecule has 0 heterocycles. The van der Waals surface area contributed by atoms with Crippen molar-refractivity contribution >= 4 is 23.3 Å². The van der Waals surface area contributed by atoms with Crippen LogP contribution in [0, 0.1) is 31.3 Å². The molecule has 0 unspecified atom stereocenters. The number of ketones is 1. The van der Waals surface area contributed by atoms with Crippen molar-refractivity contribution < 1.29 is 27.6 Å². The van der Waals surface area contributed by atoms with Crippen LogP contribution in [-0.4, -0.2) is 24.1 Å². The summed E-state index contributed by atoms with van der Waals surface area (Å²) in [5, 5.41) is 4.32. The van der Waals surface area contributed by atoms with E-state index < -0.39 is 41.5 Å². The van der Waals surface area contributed by atoms with Crippen LogP contribution < -0.4 is 10.6 Å². The van der Waals surface area contributed by atoms with Crippen LogP contribution in [-0.2, 0) is 9.59 Å². The fourth-order valence-corrected chi connectivity index (χ4v) is 2.48. The van der Waals surface area contributed by atoms with Gasteiger partial charge in [-0.05, 0) is 37.6 Å². The highest BCUT2D eigenvalue weighted by Gasteiger charge is 2.16. The Kier molecular flexibility index (Phi) is 6.92. The minimum Gasteiger partial charge on any atom is -0.347 e. The lowest BCUT2D eigenvalue weighted by Crippen LogP contribution is -2.33.